The minimum absolute atomic E-state index is 0.0185. The third-order valence-corrected chi connectivity index (χ3v) is 3.11. The van der Waals surface area contributed by atoms with Gasteiger partial charge in [0, 0.05) is 24.2 Å². The average Bonchev–Trinajstić information content (AvgIpc) is 2.55. The number of nitriles is 1. The number of carbonyl (C=O) groups is 3. The fraction of sp³-hybridized carbons (Fsp3) is 0.375. The lowest BCUT2D eigenvalue weighted by molar-refractivity contribution is -0.120. The predicted molar refractivity (Wildman–Crippen MR) is 87.5 cm³/mol. The van der Waals surface area contributed by atoms with Gasteiger partial charge in [-0.1, -0.05) is 12.5 Å². The summed E-state index contributed by atoms with van der Waals surface area (Å²) in [5.74, 6) is -0.431. The number of hydrogen-bond acceptors (Lipinski definition) is 4. The number of benzene rings is 1. The summed E-state index contributed by atoms with van der Waals surface area (Å²) in [5, 5.41) is 24.4. The minimum atomic E-state index is -1.19. The molecule has 0 saturated heterocycles. The monoisotopic (exact) mass is 332 g/mol. The highest BCUT2D eigenvalue weighted by Gasteiger charge is 2.07. The van der Waals surface area contributed by atoms with Crippen LogP contribution in [0.5, 0.6) is 0 Å². The van der Waals surface area contributed by atoms with E-state index in [-0.39, 0.29) is 18.4 Å². The molecule has 0 aliphatic heterocycles. The van der Waals surface area contributed by atoms with Crippen molar-refractivity contribution in [3.05, 3.63) is 29.8 Å². The van der Waals surface area contributed by atoms with E-state index in [0.717, 1.165) is 12.8 Å². The summed E-state index contributed by atoms with van der Waals surface area (Å²) in [6.45, 7) is 0.486. The van der Waals surface area contributed by atoms with Gasteiger partial charge in [0.15, 0.2) is 0 Å². The molecule has 0 aliphatic rings. The molecule has 8 heteroatoms. The van der Waals surface area contributed by atoms with Gasteiger partial charge in [-0.05, 0) is 31.0 Å². The number of rotatable bonds is 9. The molecule has 1 aromatic carbocycles. The topological polar surface area (TPSA) is 131 Å². The van der Waals surface area contributed by atoms with E-state index >= 15 is 0 Å². The van der Waals surface area contributed by atoms with Crippen molar-refractivity contribution < 1.29 is 19.5 Å². The molecule has 1 rings (SSSR count). The fourth-order valence-electron chi connectivity index (χ4n) is 1.98. The summed E-state index contributed by atoms with van der Waals surface area (Å²) < 4.78 is 0. The van der Waals surface area contributed by atoms with Crippen molar-refractivity contribution in [2.24, 2.45) is 0 Å². The molecule has 0 spiro atoms. The van der Waals surface area contributed by atoms with Crippen molar-refractivity contribution in [3.63, 3.8) is 0 Å². The maximum absolute atomic E-state index is 12.0. The molecule has 3 amide bonds. The van der Waals surface area contributed by atoms with Crippen LogP contribution in [0.1, 0.15) is 36.0 Å². The molecule has 24 heavy (non-hydrogen) atoms. The number of amides is 3. The van der Waals surface area contributed by atoms with Crippen LogP contribution in [0.4, 0.5) is 10.5 Å². The van der Waals surface area contributed by atoms with Gasteiger partial charge in [0.05, 0.1) is 6.07 Å². The van der Waals surface area contributed by atoms with E-state index in [9.17, 15) is 14.4 Å². The molecular weight excluding hydrogens is 312 g/mol. The highest BCUT2D eigenvalue weighted by molar-refractivity contribution is 5.96. The van der Waals surface area contributed by atoms with Crippen molar-refractivity contribution in [3.8, 4) is 6.07 Å². The van der Waals surface area contributed by atoms with Gasteiger partial charge < -0.3 is 15.7 Å². The number of carbonyl (C=O) groups excluding carboxylic acids is 2. The first kappa shape index (κ1) is 19.0. The quantitative estimate of drug-likeness (QED) is 0.404. The Morgan fingerprint density at radius 1 is 1.12 bits per heavy atom. The summed E-state index contributed by atoms with van der Waals surface area (Å²) in [6.07, 6.45) is 1.36. The largest absolute Gasteiger partial charge is 0.465 e. The number of nitrogens with zero attached hydrogens (tertiary/aromatic N) is 1. The Balaban J connectivity index is 2.23. The maximum atomic E-state index is 12.0. The van der Waals surface area contributed by atoms with Crippen LogP contribution in [0.3, 0.4) is 0 Å². The minimum Gasteiger partial charge on any atom is -0.465 e. The molecule has 0 atom stereocenters. The van der Waals surface area contributed by atoms with Gasteiger partial charge in [0.2, 0.25) is 5.91 Å². The maximum Gasteiger partial charge on any atom is 0.409 e. The Morgan fingerprint density at radius 2 is 1.92 bits per heavy atom. The SMILES string of the molecule is N#CCNC(=O)CCCCCNC(=O)c1cccc(NC(=O)O)c1. The number of nitrogens with one attached hydrogen (secondary N) is 3. The summed E-state index contributed by atoms with van der Waals surface area (Å²) in [5.41, 5.74) is 0.704. The zero-order valence-electron chi connectivity index (χ0n) is 13.2. The van der Waals surface area contributed by atoms with Crippen LogP contribution in [0, 0.1) is 11.3 Å². The van der Waals surface area contributed by atoms with Gasteiger partial charge in [0.25, 0.3) is 5.91 Å². The molecule has 0 unspecified atom stereocenters. The molecule has 0 heterocycles. The lowest BCUT2D eigenvalue weighted by Crippen LogP contribution is -2.25. The molecule has 128 valence electrons. The second-order valence-corrected chi connectivity index (χ2v) is 5.01. The third-order valence-electron chi connectivity index (χ3n) is 3.11. The van der Waals surface area contributed by atoms with Gasteiger partial charge in [-0.2, -0.15) is 5.26 Å². The van der Waals surface area contributed by atoms with E-state index in [0.29, 0.717) is 30.6 Å². The highest BCUT2D eigenvalue weighted by Crippen LogP contribution is 2.10. The molecule has 0 saturated carbocycles. The first-order chi connectivity index (χ1) is 11.5. The van der Waals surface area contributed by atoms with Crippen LogP contribution >= 0.6 is 0 Å². The lowest BCUT2D eigenvalue weighted by Gasteiger charge is -2.07. The molecule has 0 fully saturated rings. The van der Waals surface area contributed by atoms with Crippen LogP contribution in [0.25, 0.3) is 0 Å². The van der Waals surface area contributed by atoms with Crippen LogP contribution < -0.4 is 16.0 Å². The fourth-order valence-corrected chi connectivity index (χ4v) is 1.98. The van der Waals surface area contributed by atoms with E-state index in [4.69, 9.17) is 10.4 Å². The Hall–Kier alpha value is -3.08. The number of anilines is 1. The molecule has 1 aromatic rings. The Morgan fingerprint density at radius 3 is 2.62 bits per heavy atom. The first-order valence-electron chi connectivity index (χ1n) is 7.55. The van der Waals surface area contributed by atoms with Gasteiger partial charge in [-0.25, -0.2) is 4.79 Å². The Kier molecular flexibility index (Phi) is 8.39. The van der Waals surface area contributed by atoms with Crippen LogP contribution in [0.15, 0.2) is 24.3 Å². The van der Waals surface area contributed by atoms with Gasteiger partial charge in [-0.3, -0.25) is 14.9 Å². The molecule has 8 nitrogen and oxygen atoms in total. The van der Waals surface area contributed by atoms with Crippen molar-refractivity contribution in [1.82, 2.24) is 10.6 Å². The van der Waals surface area contributed by atoms with E-state index < -0.39 is 6.09 Å². The molecule has 4 N–H and O–H groups in total. The number of hydrogen-bond donors (Lipinski definition) is 4. The van der Waals surface area contributed by atoms with Crippen LogP contribution in [-0.2, 0) is 4.79 Å². The van der Waals surface area contributed by atoms with Gasteiger partial charge in [-0.15, -0.1) is 0 Å². The summed E-state index contributed by atoms with van der Waals surface area (Å²) >= 11 is 0. The predicted octanol–water partition coefficient (Wildman–Crippen LogP) is 1.71. The number of carboxylic acid groups (broad SMARTS) is 1. The average molecular weight is 332 g/mol. The van der Waals surface area contributed by atoms with E-state index in [1.54, 1.807) is 18.2 Å². The summed E-state index contributed by atoms with van der Waals surface area (Å²) in [7, 11) is 0. The lowest BCUT2D eigenvalue weighted by atomic mass is 10.1. The van der Waals surface area contributed by atoms with Crippen molar-refractivity contribution in [1.29, 1.82) is 5.26 Å². The van der Waals surface area contributed by atoms with Crippen molar-refractivity contribution >= 4 is 23.6 Å². The third kappa shape index (κ3) is 7.79. The Labute approximate surface area is 139 Å². The summed E-state index contributed by atoms with van der Waals surface area (Å²) in [4.78, 5) is 33.8. The molecule has 0 bridgehead atoms. The smallest absolute Gasteiger partial charge is 0.409 e. The zero-order chi connectivity index (χ0) is 17.8. The molecule has 0 aliphatic carbocycles. The zero-order valence-corrected chi connectivity index (χ0v) is 13.2. The highest BCUT2D eigenvalue weighted by atomic mass is 16.4. The van der Waals surface area contributed by atoms with E-state index in [1.165, 1.54) is 6.07 Å². The molecule has 0 aromatic heterocycles. The first-order valence-corrected chi connectivity index (χ1v) is 7.55. The van der Waals surface area contributed by atoms with Gasteiger partial charge >= 0.3 is 6.09 Å². The Bertz CT molecular complexity index is 625. The van der Waals surface area contributed by atoms with Gasteiger partial charge in [0.1, 0.15) is 6.54 Å². The second kappa shape index (κ2) is 10.6. The summed E-state index contributed by atoms with van der Waals surface area (Å²) in [6, 6.07) is 8.05. The second-order valence-electron chi connectivity index (χ2n) is 5.01. The van der Waals surface area contributed by atoms with E-state index in [2.05, 4.69) is 16.0 Å². The molecule has 0 radical (unpaired) electrons. The van der Waals surface area contributed by atoms with Crippen LogP contribution in [-0.4, -0.2) is 36.1 Å². The standard InChI is InChI=1S/C16H20N4O4/c17-8-10-18-14(21)7-2-1-3-9-19-15(22)12-5-4-6-13(11-12)20-16(23)24/h4-6,11,20H,1-3,7,9-10H2,(H,18,21)(H,19,22)(H,23,24). The molecular formula is C16H20N4O4. The van der Waals surface area contributed by atoms with E-state index in [1.807, 2.05) is 6.07 Å². The normalized spacial score (nSPS) is 9.62. The van der Waals surface area contributed by atoms with Crippen molar-refractivity contribution in [2.75, 3.05) is 18.4 Å². The number of unbranched alkanes of at least 4 members (excludes halogenated alkanes) is 2. The van der Waals surface area contributed by atoms with Crippen molar-refractivity contribution in [2.45, 2.75) is 25.7 Å². The van der Waals surface area contributed by atoms with Crippen LogP contribution in [0.2, 0.25) is 0 Å².